The Labute approximate surface area is 191 Å². The molecule has 0 radical (unpaired) electrons. The fraction of sp³-hybridized carbons (Fsp3) is 0.240. The Hall–Kier alpha value is -4.07. The van der Waals surface area contributed by atoms with E-state index in [1.807, 2.05) is 41.2 Å². The summed E-state index contributed by atoms with van der Waals surface area (Å²) in [7, 11) is 0. The van der Waals surface area contributed by atoms with Crippen LogP contribution in [-0.4, -0.2) is 62.1 Å². The van der Waals surface area contributed by atoms with Crippen LogP contribution in [0.15, 0.2) is 77.8 Å². The lowest BCUT2D eigenvalue weighted by molar-refractivity contribution is 0.0518. The van der Waals surface area contributed by atoms with Gasteiger partial charge in [-0.3, -0.25) is 9.59 Å². The Bertz CT molecular complexity index is 1230. The summed E-state index contributed by atoms with van der Waals surface area (Å²) in [4.78, 5) is 29.5. The Kier molecular flexibility index (Phi) is 5.56. The quantitative estimate of drug-likeness (QED) is 0.474. The third kappa shape index (κ3) is 3.95. The van der Waals surface area contributed by atoms with Crippen LogP contribution in [-0.2, 0) is 6.42 Å². The molecule has 8 nitrogen and oxygen atoms in total. The normalized spacial score (nSPS) is 14.0. The smallest absolute Gasteiger partial charge is 0.289 e. The molecule has 2 amide bonds. The Morgan fingerprint density at radius 1 is 0.909 bits per heavy atom. The van der Waals surface area contributed by atoms with Gasteiger partial charge in [-0.15, -0.1) is 0 Å². The number of aryl methyl sites for hydroxylation is 1. The molecule has 1 aliphatic heterocycles. The van der Waals surface area contributed by atoms with Crippen LogP contribution in [0.5, 0.6) is 0 Å². The van der Waals surface area contributed by atoms with Crippen molar-refractivity contribution in [3.63, 3.8) is 0 Å². The highest BCUT2D eigenvalue weighted by molar-refractivity contribution is 5.97. The van der Waals surface area contributed by atoms with E-state index in [9.17, 15) is 9.59 Å². The van der Waals surface area contributed by atoms with Crippen LogP contribution in [0.4, 0.5) is 0 Å². The molecule has 0 aliphatic carbocycles. The largest absolute Gasteiger partial charge is 0.459 e. The standard InChI is InChI=1S/C25H25N5O3/c1-2-19-7-9-20(10-8-19)30-23(27-11-3-4-12-27)21(18-26-30)24(31)28-13-15-29(16-14-28)25(32)22-6-5-17-33-22/h3-12,17-18H,2,13-16H2,1H3. The van der Waals surface area contributed by atoms with E-state index in [0.29, 0.717) is 43.3 Å². The van der Waals surface area contributed by atoms with Gasteiger partial charge in [-0.05, 0) is 48.4 Å². The molecule has 0 unspecified atom stereocenters. The zero-order chi connectivity index (χ0) is 22.8. The van der Waals surface area contributed by atoms with Crippen molar-refractivity contribution in [2.45, 2.75) is 13.3 Å². The number of furan rings is 1. The zero-order valence-corrected chi connectivity index (χ0v) is 18.4. The van der Waals surface area contributed by atoms with E-state index in [-0.39, 0.29) is 11.8 Å². The number of aromatic nitrogens is 3. The lowest BCUT2D eigenvalue weighted by atomic mass is 10.1. The second-order valence-corrected chi connectivity index (χ2v) is 7.97. The number of hydrogen-bond acceptors (Lipinski definition) is 4. The van der Waals surface area contributed by atoms with E-state index in [4.69, 9.17) is 4.42 Å². The molecule has 0 atom stereocenters. The fourth-order valence-corrected chi connectivity index (χ4v) is 4.12. The van der Waals surface area contributed by atoms with E-state index < -0.39 is 0 Å². The maximum atomic E-state index is 13.5. The molecule has 4 aromatic rings. The SMILES string of the molecule is CCc1ccc(-n2ncc(C(=O)N3CCN(C(=O)c4ccco4)CC3)c2-n2cccc2)cc1. The number of benzene rings is 1. The second-order valence-electron chi connectivity index (χ2n) is 7.97. The predicted octanol–water partition coefficient (Wildman–Crippen LogP) is 3.42. The van der Waals surface area contributed by atoms with Gasteiger partial charge in [0, 0.05) is 38.6 Å². The molecular weight excluding hydrogens is 418 g/mol. The van der Waals surface area contributed by atoms with E-state index in [2.05, 4.69) is 24.2 Å². The van der Waals surface area contributed by atoms with Gasteiger partial charge in [0.1, 0.15) is 5.56 Å². The summed E-state index contributed by atoms with van der Waals surface area (Å²) < 4.78 is 8.93. The number of carbonyl (C=O) groups excluding carboxylic acids is 2. The Morgan fingerprint density at radius 2 is 1.58 bits per heavy atom. The van der Waals surface area contributed by atoms with Crippen LogP contribution in [0.2, 0.25) is 0 Å². The summed E-state index contributed by atoms with van der Waals surface area (Å²) in [5.74, 6) is 0.770. The molecule has 0 spiro atoms. The molecule has 0 N–H and O–H groups in total. The molecule has 33 heavy (non-hydrogen) atoms. The summed E-state index contributed by atoms with van der Waals surface area (Å²) in [6.45, 7) is 3.93. The minimum absolute atomic E-state index is 0.0970. The molecule has 168 valence electrons. The fourth-order valence-electron chi connectivity index (χ4n) is 4.12. The van der Waals surface area contributed by atoms with Crippen LogP contribution in [0, 0.1) is 0 Å². The molecule has 1 aliphatic rings. The number of nitrogens with zero attached hydrogens (tertiary/aromatic N) is 5. The molecular formula is C25H25N5O3. The first-order valence-electron chi connectivity index (χ1n) is 11.1. The molecule has 8 heteroatoms. The highest BCUT2D eigenvalue weighted by atomic mass is 16.3. The summed E-state index contributed by atoms with van der Waals surface area (Å²) in [5.41, 5.74) is 2.66. The number of rotatable bonds is 5. The number of carbonyl (C=O) groups is 2. The van der Waals surface area contributed by atoms with Gasteiger partial charge in [0.15, 0.2) is 11.6 Å². The van der Waals surface area contributed by atoms with Crippen molar-refractivity contribution in [2.24, 2.45) is 0 Å². The highest BCUT2D eigenvalue weighted by Crippen LogP contribution is 2.22. The number of piperazine rings is 1. The maximum absolute atomic E-state index is 13.5. The van der Waals surface area contributed by atoms with Crippen molar-refractivity contribution in [1.82, 2.24) is 24.1 Å². The molecule has 0 saturated carbocycles. The van der Waals surface area contributed by atoms with Crippen LogP contribution in [0.1, 0.15) is 33.4 Å². The van der Waals surface area contributed by atoms with Crippen LogP contribution >= 0.6 is 0 Å². The molecule has 1 aromatic carbocycles. The average Bonchev–Trinajstić information content (AvgIpc) is 3.64. The lowest BCUT2D eigenvalue weighted by Crippen LogP contribution is -2.50. The number of hydrogen-bond donors (Lipinski definition) is 0. The first-order valence-corrected chi connectivity index (χ1v) is 11.1. The van der Waals surface area contributed by atoms with Gasteiger partial charge < -0.3 is 18.8 Å². The van der Waals surface area contributed by atoms with Crippen molar-refractivity contribution in [1.29, 1.82) is 0 Å². The minimum atomic E-state index is -0.150. The van der Waals surface area contributed by atoms with Crippen molar-refractivity contribution < 1.29 is 14.0 Å². The van der Waals surface area contributed by atoms with Gasteiger partial charge in [-0.25, -0.2) is 4.68 Å². The monoisotopic (exact) mass is 443 g/mol. The van der Waals surface area contributed by atoms with Crippen LogP contribution < -0.4 is 0 Å². The highest BCUT2D eigenvalue weighted by Gasteiger charge is 2.29. The Morgan fingerprint density at radius 3 is 2.18 bits per heavy atom. The summed E-state index contributed by atoms with van der Waals surface area (Å²) in [6.07, 6.45) is 7.90. The van der Waals surface area contributed by atoms with E-state index in [0.717, 1.165) is 12.1 Å². The van der Waals surface area contributed by atoms with E-state index >= 15 is 0 Å². The first-order chi connectivity index (χ1) is 16.2. The summed E-state index contributed by atoms with van der Waals surface area (Å²) >= 11 is 0. The first kappa shape index (κ1) is 20.8. The zero-order valence-electron chi connectivity index (χ0n) is 18.4. The molecule has 3 aromatic heterocycles. The third-order valence-corrected chi connectivity index (χ3v) is 6.00. The van der Waals surface area contributed by atoms with Crippen LogP contribution in [0.3, 0.4) is 0 Å². The second kappa shape index (κ2) is 8.82. The van der Waals surface area contributed by atoms with Crippen molar-refractivity contribution >= 4 is 11.8 Å². The molecule has 1 saturated heterocycles. The average molecular weight is 444 g/mol. The van der Waals surface area contributed by atoms with Crippen molar-refractivity contribution in [3.05, 3.63) is 90.3 Å². The molecule has 4 heterocycles. The van der Waals surface area contributed by atoms with E-state index in [1.54, 1.807) is 32.8 Å². The maximum Gasteiger partial charge on any atom is 0.289 e. The van der Waals surface area contributed by atoms with Crippen molar-refractivity contribution in [2.75, 3.05) is 26.2 Å². The minimum Gasteiger partial charge on any atom is -0.459 e. The van der Waals surface area contributed by atoms with Gasteiger partial charge >= 0.3 is 0 Å². The molecule has 1 fully saturated rings. The summed E-state index contributed by atoms with van der Waals surface area (Å²) in [5, 5.41) is 4.56. The molecule has 5 rings (SSSR count). The molecule has 0 bridgehead atoms. The van der Waals surface area contributed by atoms with Gasteiger partial charge in [-0.2, -0.15) is 5.10 Å². The Balaban J connectivity index is 1.39. The topological polar surface area (TPSA) is 76.5 Å². The van der Waals surface area contributed by atoms with Gasteiger partial charge in [0.25, 0.3) is 11.8 Å². The lowest BCUT2D eigenvalue weighted by Gasteiger charge is -2.34. The third-order valence-electron chi connectivity index (χ3n) is 6.00. The number of amides is 2. The summed E-state index contributed by atoms with van der Waals surface area (Å²) in [6, 6.07) is 15.4. The van der Waals surface area contributed by atoms with Gasteiger partial charge in [0.2, 0.25) is 0 Å². The van der Waals surface area contributed by atoms with Gasteiger partial charge in [0.05, 0.1) is 18.1 Å². The van der Waals surface area contributed by atoms with Crippen molar-refractivity contribution in [3.8, 4) is 11.5 Å². The predicted molar refractivity (Wildman–Crippen MR) is 123 cm³/mol. The van der Waals surface area contributed by atoms with E-state index in [1.165, 1.54) is 11.8 Å². The van der Waals surface area contributed by atoms with Crippen LogP contribution in [0.25, 0.3) is 11.5 Å². The van der Waals surface area contributed by atoms with Gasteiger partial charge in [-0.1, -0.05) is 19.1 Å².